The van der Waals surface area contributed by atoms with Gasteiger partial charge in [0.2, 0.25) is 0 Å². The maximum absolute atomic E-state index is 11.3. The second-order valence-electron chi connectivity index (χ2n) is 5.25. The lowest BCUT2D eigenvalue weighted by atomic mass is 10.1. The average molecular weight is 359 g/mol. The molecule has 0 heterocycles. The minimum Gasteiger partial charge on any atom is -0.490 e. The van der Waals surface area contributed by atoms with E-state index < -0.39 is 6.09 Å². The second-order valence-corrected chi connectivity index (χ2v) is 5.65. The van der Waals surface area contributed by atoms with Gasteiger partial charge in [0.1, 0.15) is 19.0 Å². The van der Waals surface area contributed by atoms with Crippen LogP contribution in [0.1, 0.15) is 17.5 Å². The zero-order valence-electron chi connectivity index (χ0n) is 13.7. The van der Waals surface area contributed by atoms with Crippen molar-refractivity contribution in [2.24, 2.45) is 0 Å². The van der Waals surface area contributed by atoms with Gasteiger partial charge in [-0.25, -0.2) is 4.79 Å². The van der Waals surface area contributed by atoms with Crippen LogP contribution in [0.15, 0.2) is 48.5 Å². The van der Waals surface area contributed by atoms with Gasteiger partial charge in [0.05, 0.1) is 24.1 Å². The van der Waals surface area contributed by atoms with Gasteiger partial charge in [0, 0.05) is 0 Å². The van der Waals surface area contributed by atoms with Crippen LogP contribution in [0.3, 0.4) is 0 Å². The van der Waals surface area contributed by atoms with Crippen molar-refractivity contribution in [2.45, 2.75) is 12.8 Å². The number of ether oxygens (including phenoxy) is 2. The lowest BCUT2D eigenvalue weighted by Crippen LogP contribution is -2.29. The summed E-state index contributed by atoms with van der Waals surface area (Å²) in [5.41, 5.74) is 2.31. The molecule has 0 atom stereocenters. The van der Waals surface area contributed by atoms with Gasteiger partial charge in [-0.1, -0.05) is 48.0 Å². The number of benzene rings is 2. The fourth-order valence-corrected chi connectivity index (χ4v) is 2.42. The third kappa shape index (κ3) is 6.74. The van der Waals surface area contributed by atoms with Gasteiger partial charge in [-0.2, -0.15) is 5.26 Å². The fourth-order valence-electron chi connectivity index (χ4n) is 2.16. The Morgan fingerprint density at radius 1 is 1.12 bits per heavy atom. The molecule has 0 saturated carbocycles. The van der Waals surface area contributed by atoms with Crippen molar-refractivity contribution < 1.29 is 14.3 Å². The summed E-state index contributed by atoms with van der Waals surface area (Å²) in [7, 11) is 0. The first-order valence-electron chi connectivity index (χ1n) is 7.92. The highest BCUT2D eigenvalue weighted by atomic mass is 35.5. The third-order valence-electron chi connectivity index (χ3n) is 3.32. The van der Waals surface area contributed by atoms with Crippen LogP contribution in [0.5, 0.6) is 5.75 Å². The van der Waals surface area contributed by atoms with Crippen molar-refractivity contribution in [3.05, 3.63) is 64.7 Å². The normalized spacial score (nSPS) is 9.92. The molecule has 0 aliphatic rings. The summed E-state index contributed by atoms with van der Waals surface area (Å²) in [6, 6.07) is 17.7. The Bertz CT molecular complexity index is 729. The molecule has 0 unspecified atom stereocenters. The molecule has 1 N–H and O–H groups in total. The van der Waals surface area contributed by atoms with E-state index in [-0.39, 0.29) is 26.2 Å². The average Bonchev–Trinajstić information content (AvgIpc) is 2.61. The Kier molecular flexibility index (Phi) is 7.61. The molecule has 1 amide bonds. The van der Waals surface area contributed by atoms with E-state index in [0.29, 0.717) is 10.8 Å². The van der Waals surface area contributed by atoms with Crippen LogP contribution in [0.2, 0.25) is 5.02 Å². The van der Waals surface area contributed by atoms with Gasteiger partial charge in [-0.05, 0) is 29.7 Å². The molecule has 0 spiro atoms. The Labute approximate surface area is 152 Å². The summed E-state index contributed by atoms with van der Waals surface area (Å²) in [5.74, 6) is 0.568. The number of hydrogen-bond donors (Lipinski definition) is 1. The van der Waals surface area contributed by atoms with E-state index in [1.165, 1.54) is 5.56 Å². The van der Waals surface area contributed by atoms with Crippen LogP contribution >= 0.6 is 11.6 Å². The minimum absolute atomic E-state index is 0.0812. The molecule has 130 valence electrons. The predicted molar refractivity (Wildman–Crippen MR) is 95.8 cm³/mol. The highest BCUT2D eigenvalue weighted by Gasteiger charge is 2.05. The SMILES string of the molecule is N#CCCOC(=O)NCCOc1ccc(Cc2ccccc2)cc1Cl. The van der Waals surface area contributed by atoms with E-state index in [9.17, 15) is 4.79 Å². The van der Waals surface area contributed by atoms with Crippen molar-refractivity contribution in [1.82, 2.24) is 5.32 Å². The number of hydrogen-bond acceptors (Lipinski definition) is 4. The van der Waals surface area contributed by atoms with Crippen LogP contribution in [0.4, 0.5) is 4.79 Å². The van der Waals surface area contributed by atoms with Crippen LogP contribution < -0.4 is 10.1 Å². The van der Waals surface area contributed by atoms with E-state index in [4.69, 9.17) is 26.3 Å². The lowest BCUT2D eigenvalue weighted by molar-refractivity contribution is 0.146. The maximum atomic E-state index is 11.3. The van der Waals surface area contributed by atoms with Crippen LogP contribution in [-0.4, -0.2) is 25.9 Å². The Morgan fingerprint density at radius 2 is 1.92 bits per heavy atom. The second kappa shape index (κ2) is 10.2. The highest BCUT2D eigenvalue weighted by molar-refractivity contribution is 6.32. The monoisotopic (exact) mass is 358 g/mol. The number of nitrogens with one attached hydrogen (secondary N) is 1. The molecule has 2 aromatic rings. The number of alkyl carbamates (subject to hydrolysis) is 1. The Hall–Kier alpha value is -2.71. The summed E-state index contributed by atoms with van der Waals surface area (Å²) in [4.78, 5) is 11.3. The molecular weight excluding hydrogens is 340 g/mol. The number of halogens is 1. The molecule has 25 heavy (non-hydrogen) atoms. The summed E-state index contributed by atoms with van der Waals surface area (Å²) in [6.45, 7) is 0.635. The quantitative estimate of drug-likeness (QED) is 0.725. The number of amides is 1. The molecule has 0 aromatic heterocycles. The van der Waals surface area contributed by atoms with E-state index in [1.54, 1.807) is 0 Å². The van der Waals surface area contributed by atoms with Gasteiger partial charge in [0.25, 0.3) is 0 Å². The first kappa shape index (κ1) is 18.6. The third-order valence-corrected chi connectivity index (χ3v) is 3.62. The van der Waals surface area contributed by atoms with E-state index >= 15 is 0 Å². The minimum atomic E-state index is -0.567. The number of carbonyl (C=O) groups excluding carboxylic acids is 1. The molecule has 0 bridgehead atoms. The highest BCUT2D eigenvalue weighted by Crippen LogP contribution is 2.26. The Morgan fingerprint density at radius 3 is 2.64 bits per heavy atom. The van der Waals surface area contributed by atoms with Crippen LogP contribution in [-0.2, 0) is 11.2 Å². The fraction of sp³-hybridized carbons (Fsp3) is 0.263. The summed E-state index contributed by atoms with van der Waals surface area (Å²) >= 11 is 6.25. The molecule has 0 fully saturated rings. The Balaban J connectivity index is 1.75. The predicted octanol–water partition coefficient (Wildman–Crippen LogP) is 3.95. The molecule has 2 aromatic carbocycles. The van der Waals surface area contributed by atoms with Gasteiger partial charge in [0.15, 0.2) is 0 Å². The van der Waals surface area contributed by atoms with Crippen molar-refractivity contribution in [3.8, 4) is 11.8 Å². The number of nitrogens with zero attached hydrogens (tertiary/aromatic N) is 1. The van der Waals surface area contributed by atoms with Gasteiger partial charge in [-0.3, -0.25) is 0 Å². The largest absolute Gasteiger partial charge is 0.490 e. The van der Waals surface area contributed by atoms with Crippen molar-refractivity contribution in [1.29, 1.82) is 5.26 Å². The lowest BCUT2D eigenvalue weighted by Gasteiger charge is -2.10. The van der Waals surface area contributed by atoms with Crippen LogP contribution in [0.25, 0.3) is 0 Å². The van der Waals surface area contributed by atoms with Gasteiger partial charge >= 0.3 is 6.09 Å². The summed E-state index contributed by atoms with van der Waals surface area (Å²) < 4.78 is 10.3. The number of nitriles is 1. The van der Waals surface area contributed by atoms with E-state index in [0.717, 1.165) is 12.0 Å². The molecule has 0 aliphatic heterocycles. The number of rotatable bonds is 8. The molecule has 5 nitrogen and oxygen atoms in total. The molecule has 0 radical (unpaired) electrons. The molecule has 2 rings (SSSR count). The van der Waals surface area contributed by atoms with Crippen LogP contribution in [0, 0.1) is 11.3 Å². The topological polar surface area (TPSA) is 71.3 Å². The van der Waals surface area contributed by atoms with Crippen molar-refractivity contribution in [2.75, 3.05) is 19.8 Å². The van der Waals surface area contributed by atoms with Crippen molar-refractivity contribution in [3.63, 3.8) is 0 Å². The van der Waals surface area contributed by atoms with E-state index in [2.05, 4.69) is 17.4 Å². The molecule has 0 saturated heterocycles. The maximum Gasteiger partial charge on any atom is 0.407 e. The van der Waals surface area contributed by atoms with Gasteiger partial charge < -0.3 is 14.8 Å². The smallest absolute Gasteiger partial charge is 0.407 e. The van der Waals surface area contributed by atoms with Crippen molar-refractivity contribution >= 4 is 17.7 Å². The summed E-state index contributed by atoms with van der Waals surface area (Å²) in [5, 5.41) is 11.4. The zero-order chi connectivity index (χ0) is 17.9. The molecule has 0 aliphatic carbocycles. The first-order valence-corrected chi connectivity index (χ1v) is 8.29. The first-order chi connectivity index (χ1) is 12.2. The molecular formula is C19H19ClN2O3. The standard InChI is InChI=1S/C19H19ClN2O3/c20-17-14-16(13-15-5-2-1-3-6-15)7-8-18(17)24-12-10-22-19(23)25-11-4-9-21/h1-3,5-8,14H,4,10-13H2,(H,22,23). The van der Waals surface area contributed by atoms with Gasteiger partial charge in [-0.15, -0.1) is 0 Å². The molecule has 6 heteroatoms. The van der Waals surface area contributed by atoms with E-state index in [1.807, 2.05) is 42.5 Å². The zero-order valence-corrected chi connectivity index (χ0v) is 14.5. The summed E-state index contributed by atoms with van der Waals surface area (Å²) in [6.07, 6.45) is 0.411. The number of carbonyl (C=O) groups is 1.